The van der Waals surface area contributed by atoms with Crippen LogP contribution in [0.2, 0.25) is 0 Å². The van der Waals surface area contributed by atoms with E-state index in [2.05, 4.69) is 0 Å². The lowest BCUT2D eigenvalue weighted by Gasteiger charge is -2.31. The fourth-order valence-corrected chi connectivity index (χ4v) is 4.14. The van der Waals surface area contributed by atoms with Crippen molar-refractivity contribution in [3.05, 3.63) is 0 Å². The molecule has 1 heterocycles. The predicted octanol–water partition coefficient (Wildman–Crippen LogP) is 1.42. The monoisotopic (exact) mass is 288 g/mol. The molecular weight excluding hydrogens is 264 g/mol. The van der Waals surface area contributed by atoms with Crippen LogP contribution in [-0.2, 0) is 9.53 Å². The van der Waals surface area contributed by atoms with E-state index in [4.69, 9.17) is 10.5 Å². The van der Waals surface area contributed by atoms with Crippen LogP contribution in [0, 0.1) is 17.8 Å². The van der Waals surface area contributed by atoms with Gasteiger partial charge >= 0.3 is 0 Å². The van der Waals surface area contributed by atoms with E-state index >= 15 is 0 Å². The van der Waals surface area contributed by atoms with Gasteiger partial charge < -0.3 is 15.4 Å². The minimum absolute atomic E-state index is 0. The van der Waals surface area contributed by atoms with Crippen molar-refractivity contribution >= 4 is 18.3 Å². The molecule has 0 aromatic carbocycles. The lowest BCUT2D eigenvalue weighted by atomic mass is 9.84. The Bertz CT molecular complexity index is 331. The van der Waals surface area contributed by atoms with E-state index in [1.807, 2.05) is 11.9 Å². The summed E-state index contributed by atoms with van der Waals surface area (Å²) in [5, 5.41) is 0. The molecule has 1 aliphatic heterocycles. The Kier molecular flexibility index (Phi) is 4.75. The average Bonchev–Trinajstić information content (AvgIpc) is 3.04. The number of hydrogen-bond donors (Lipinski definition) is 1. The lowest BCUT2D eigenvalue weighted by molar-refractivity contribution is -0.137. The molecule has 2 aliphatic carbocycles. The van der Waals surface area contributed by atoms with Crippen LogP contribution >= 0.6 is 12.4 Å². The Labute approximate surface area is 121 Å². The van der Waals surface area contributed by atoms with E-state index in [0.717, 1.165) is 26.0 Å². The molecular formula is C14H25ClN2O2. The van der Waals surface area contributed by atoms with E-state index in [1.54, 1.807) is 0 Å². The topological polar surface area (TPSA) is 55.6 Å². The SMILES string of the molecule is CN(CC1CCCO1)C(=O)C1C2CCC(C2)C1N.Cl. The van der Waals surface area contributed by atoms with Crippen molar-refractivity contribution in [3.8, 4) is 0 Å². The van der Waals surface area contributed by atoms with Gasteiger partial charge in [0.05, 0.1) is 12.0 Å². The smallest absolute Gasteiger partial charge is 0.227 e. The molecule has 2 bridgehead atoms. The molecule has 0 radical (unpaired) electrons. The highest BCUT2D eigenvalue weighted by molar-refractivity contribution is 5.85. The van der Waals surface area contributed by atoms with E-state index in [0.29, 0.717) is 11.8 Å². The first-order chi connectivity index (χ1) is 8.66. The molecule has 110 valence electrons. The Balaban J connectivity index is 0.00000133. The average molecular weight is 289 g/mol. The van der Waals surface area contributed by atoms with Gasteiger partial charge in [-0.05, 0) is 43.9 Å². The molecule has 0 spiro atoms. The van der Waals surface area contributed by atoms with Gasteiger partial charge in [0.25, 0.3) is 0 Å². The van der Waals surface area contributed by atoms with Crippen LogP contribution < -0.4 is 5.73 Å². The number of hydrogen-bond acceptors (Lipinski definition) is 3. The molecule has 3 rings (SSSR count). The zero-order valence-electron chi connectivity index (χ0n) is 11.6. The zero-order valence-corrected chi connectivity index (χ0v) is 12.4. The van der Waals surface area contributed by atoms with Crippen LogP contribution in [0.1, 0.15) is 32.1 Å². The quantitative estimate of drug-likeness (QED) is 0.854. The van der Waals surface area contributed by atoms with Gasteiger partial charge in [-0.3, -0.25) is 4.79 Å². The third kappa shape index (κ3) is 2.76. The highest BCUT2D eigenvalue weighted by atomic mass is 35.5. The van der Waals surface area contributed by atoms with Crippen LogP contribution in [0.3, 0.4) is 0 Å². The predicted molar refractivity (Wildman–Crippen MR) is 76.2 cm³/mol. The number of rotatable bonds is 3. The number of halogens is 1. The molecule has 0 aromatic rings. The van der Waals surface area contributed by atoms with E-state index < -0.39 is 0 Å². The maximum atomic E-state index is 12.5. The maximum absolute atomic E-state index is 12.5. The number of carbonyl (C=O) groups is 1. The van der Waals surface area contributed by atoms with Gasteiger partial charge in [-0.25, -0.2) is 0 Å². The highest BCUT2D eigenvalue weighted by Crippen LogP contribution is 2.48. The normalized spacial score (nSPS) is 40.2. The van der Waals surface area contributed by atoms with Crippen LogP contribution in [0.15, 0.2) is 0 Å². The first kappa shape index (κ1) is 15.1. The van der Waals surface area contributed by atoms with Crippen molar-refractivity contribution in [1.82, 2.24) is 4.90 Å². The Morgan fingerprint density at radius 2 is 2.05 bits per heavy atom. The molecule has 3 fully saturated rings. The van der Waals surface area contributed by atoms with Crippen LogP contribution in [0.5, 0.6) is 0 Å². The van der Waals surface area contributed by atoms with E-state index in [9.17, 15) is 4.79 Å². The summed E-state index contributed by atoms with van der Waals surface area (Å²) < 4.78 is 5.60. The Hall–Kier alpha value is -0.320. The highest BCUT2D eigenvalue weighted by Gasteiger charge is 2.49. The number of ether oxygens (including phenoxy) is 1. The molecule has 19 heavy (non-hydrogen) atoms. The summed E-state index contributed by atoms with van der Waals surface area (Å²) in [7, 11) is 1.91. The summed E-state index contributed by atoms with van der Waals surface area (Å²) in [4.78, 5) is 14.4. The molecule has 5 unspecified atom stereocenters. The van der Waals surface area contributed by atoms with Crippen molar-refractivity contribution in [2.75, 3.05) is 20.2 Å². The van der Waals surface area contributed by atoms with Gasteiger partial charge in [0.1, 0.15) is 0 Å². The number of fused-ring (bicyclic) bond motifs is 2. The minimum atomic E-state index is 0. The Morgan fingerprint density at radius 3 is 2.63 bits per heavy atom. The lowest BCUT2D eigenvalue weighted by Crippen LogP contribution is -2.47. The number of nitrogens with two attached hydrogens (primary N) is 1. The van der Waals surface area contributed by atoms with Gasteiger partial charge in [-0.1, -0.05) is 0 Å². The largest absolute Gasteiger partial charge is 0.376 e. The van der Waals surface area contributed by atoms with E-state index in [-0.39, 0.29) is 36.4 Å². The van der Waals surface area contributed by atoms with Crippen LogP contribution in [0.25, 0.3) is 0 Å². The van der Waals surface area contributed by atoms with Gasteiger partial charge in [-0.2, -0.15) is 0 Å². The summed E-state index contributed by atoms with van der Waals surface area (Å²) in [6.07, 6.45) is 6.05. The minimum Gasteiger partial charge on any atom is -0.376 e. The molecule has 1 amide bonds. The van der Waals surface area contributed by atoms with Crippen molar-refractivity contribution in [3.63, 3.8) is 0 Å². The molecule has 4 nitrogen and oxygen atoms in total. The third-order valence-corrected chi connectivity index (χ3v) is 5.14. The molecule has 2 N–H and O–H groups in total. The van der Waals surface area contributed by atoms with Crippen molar-refractivity contribution in [1.29, 1.82) is 0 Å². The third-order valence-electron chi connectivity index (χ3n) is 5.14. The van der Waals surface area contributed by atoms with Gasteiger partial charge in [0, 0.05) is 26.2 Å². The summed E-state index contributed by atoms with van der Waals surface area (Å²) >= 11 is 0. The first-order valence-electron chi connectivity index (χ1n) is 7.29. The number of carbonyl (C=O) groups excluding carboxylic acids is 1. The second-order valence-corrected chi connectivity index (χ2v) is 6.29. The summed E-state index contributed by atoms with van der Waals surface area (Å²) in [6, 6.07) is 0.100. The summed E-state index contributed by atoms with van der Waals surface area (Å²) in [5.74, 6) is 1.48. The molecule has 2 saturated carbocycles. The number of nitrogens with zero attached hydrogens (tertiary/aromatic N) is 1. The maximum Gasteiger partial charge on any atom is 0.227 e. The molecule has 5 heteroatoms. The van der Waals surface area contributed by atoms with Gasteiger partial charge in [0.2, 0.25) is 5.91 Å². The molecule has 0 aromatic heterocycles. The standard InChI is InChI=1S/C14H24N2O2.ClH/c1-16(8-11-3-2-6-18-11)14(17)12-9-4-5-10(7-9)13(12)15;/h9-13H,2-8,15H2,1H3;1H. The zero-order chi connectivity index (χ0) is 12.7. The second-order valence-electron chi connectivity index (χ2n) is 6.29. The van der Waals surface area contributed by atoms with Crippen molar-refractivity contribution < 1.29 is 9.53 Å². The Morgan fingerprint density at radius 1 is 1.32 bits per heavy atom. The van der Waals surface area contributed by atoms with Crippen molar-refractivity contribution in [2.45, 2.75) is 44.2 Å². The van der Waals surface area contributed by atoms with Crippen LogP contribution in [-0.4, -0.2) is 43.2 Å². The van der Waals surface area contributed by atoms with Crippen molar-refractivity contribution in [2.24, 2.45) is 23.5 Å². The number of amides is 1. The molecule has 1 saturated heterocycles. The fourth-order valence-electron chi connectivity index (χ4n) is 4.14. The number of likely N-dealkylation sites (N-methyl/N-ethyl adjacent to an activating group) is 1. The van der Waals surface area contributed by atoms with Crippen LogP contribution in [0.4, 0.5) is 0 Å². The molecule has 5 atom stereocenters. The summed E-state index contributed by atoms with van der Waals surface area (Å²) in [5.41, 5.74) is 6.23. The first-order valence-corrected chi connectivity index (χ1v) is 7.29. The fraction of sp³-hybridized carbons (Fsp3) is 0.929. The van der Waals surface area contributed by atoms with Gasteiger partial charge in [0.15, 0.2) is 0 Å². The van der Waals surface area contributed by atoms with E-state index in [1.165, 1.54) is 19.3 Å². The second kappa shape index (κ2) is 5.98. The van der Waals surface area contributed by atoms with Gasteiger partial charge in [-0.15, -0.1) is 12.4 Å². The summed E-state index contributed by atoms with van der Waals surface area (Å²) in [6.45, 7) is 1.58. The molecule has 3 aliphatic rings.